The molecule has 0 atom stereocenters. The lowest BCUT2D eigenvalue weighted by Gasteiger charge is -2.12. The first-order valence-electron chi connectivity index (χ1n) is 5.54. The van der Waals surface area contributed by atoms with Gasteiger partial charge in [0.25, 0.3) is 0 Å². The Morgan fingerprint density at radius 1 is 0.941 bits per heavy atom. The van der Waals surface area contributed by atoms with Crippen molar-refractivity contribution in [2.24, 2.45) is 0 Å². The minimum absolute atomic E-state index is 0.0464. The summed E-state index contributed by atoms with van der Waals surface area (Å²) < 4.78 is 0. The van der Waals surface area contributed by atoms with E-state index in [0.717, 1.165) is 11.1 Å². The lowest BCUT2D eigenvalue weighted by Crippen LogP contribution is -2.07. The Labute approximate surface area is 102 Å². The van der Waals surface area contributed by atoms with Crippen molar-refractivity contribution >= 4 is 17.5 Å². The van der Waals surface area contributed by atoms with Crippen LogP contribution in [0.2, 0.25) is 0 Å². The highest BCUT2D eigenvalue weighted by Crippen LogP contribution is 2.16. The highest BCUT2D eigenvalue weighted by molar-refractivity contribution is 6.01. The van der Waals surface area contributed by atoms with Gasteiger partial charge in [-0.2, -0.15) is 0 Å². The zero-order valence-electron chi connectivity index (χ0n) is 10.1. The molecule has 0 spiro atoms. The van der Waals surface area contributed by atoms with Gasteiger partial charge in [0.15, 0.2) is 5.78 Å². The van der Waals surface area contributed by atoms with Crippen molar-refractivity contribution in [2.45, 2.75) is 0 Å². The van der Waals surface area contributed by atoms with E-state index in [2.05, 4.69) is 35.2 Å². The van der Waals surface area contributed by atoms with Gasteiger partial charge in [-0.25, -0.2) is 0 Å². The fraction of sp³-hybridized carbons (Fsp3) is 0.133. The van der Waals surface area contributed by atoms with Crippen LogP contribution in [-0.2, 0) is 4.79 Å². The Balaban J connectivity index is 2.19. The van der Waals surface area contributed by atoms with E-state index in [-0.39, 0.29) is 5.78 Å². The van der Waals surface area contributed by atoms with Gasteiger partial charge in [-0.3, -0.25) is 4.79 Å². The highest BCUT2D eigenvalue weighted by atomic mass is 16.1. The summed E-state index contributed by atoms with van der Waals surface area (Å²) in [5, 5.41) is 0. The summed E-state index contributed by atoms with van der Waals surface area (Å²) in [6.07, 6.45) is 8.89. The van der Waals surface area contributed by atoms with Crippen LogP contribution in [0.25, 0.3) is 6.08 Å². The van der Waals surface area contributed by atoms with Crippen LogP contribution < -0.4 is 4.90 Å². The van der Waals surface area contributed by atoms with Gasteiger partial charge in [-0.1, -0.05) is 24.3 Å². The second-order valence-electron chi connectivity index (χ2n) is 4.20. The number of nitrogens with zero attached hydrogens (tertiary/aromatic N) is 1. The smallest absolute Gasteiger partial charge is 0.178 e. The SMILES string of the molecule is CN(C)c1ccc(C=C2C=CC(=O)C=C2)cc1. The van der Waals surface area contributed by atoms with Crippen LogP contribution in [0.15, 0.2) is 54.1 Å². The minimum atomic E-state index is 0.0464. The predicted octanol–water partition coefficient (Wildman–Crippen LogP) is 2.83. The van der Waals surface area contributed by atoms with Crippen LogP contribution in [0.5, 0.6) is 0 Å². The largest absolute Gasteiger partial charge is 0.378 e. The number of allylic oxidation sites excluding steroid dienone is 5. The molecule has 86 valence electrons. The van der Waals surface area contributed by atoms with Gasteiger partial charge in [0, 0.05) is 19.8 Å². The molecule has 0 N–H and O–H groups in total. The van der Waals surface area contributed by atoms with E-state index in [4.69, 9.17) is 0 Å². The van der Waals surface area contributed by atoms with E-state index in [1.165, 1.54) is 5.69 Å². The lowest BCUT2D eigenvalue weighted by atomic mass is 10.1. The molecule has 0 bridgehead atoms. The van der Waals surface area contributed by atoms with Gasteiger partial charge in [-0.15, -0.1) is 0 Å². The molecule has 17 heavy (non-hydrogen) atoms. The van der Waals surface area contributed by atoms with E-state index in [1.54, 1.807) is 12.2 Å². The molecule has 0 fully saturated rings. The zero-order chi connectivity index (χ0) is 12.3. The summed E-state index contributed by atoms with van der Waals surface area (Å²) in [4.78, 5) is 13.0. The highest BCUT2D eigenvalue weighted by Gasteiger charge is 1.99. The van der Waals surface area contributed by atoms with Crippen molar-refractivity contribution < 1.29 is 4.79 Å². The van der Waals surface area contributed by atoms with E-state index in [1.807, 2.05) is 26.2 Å². The molecule has 0 unspecified atom stereocenters. The summed E-state index contributed by atoms with van der Waals surface area (Å²) in [5.74, 6) is 0.0464. The van der Waals surface area contributed by atoms with E-state index in [9.17, 15) is 4.79 Å². The number of hydrogen-bond donors (Lipinski definition) is 0. The number of hydrogen-bond acceptors (Lipinski definition) is 2. The molecule has 1 aromatic carbocycles. The lowest BCUT2D eigenvalue weighted by molar-refractivity contribution is -0.110. The second-order valence-corrected chi connectivity index (χ2v) is 4.20. The van der Waals surface area contributed by atoms with Crippen molar-refractivity contribution in [1.82, 2.24) is 0 Å². The van der Waals surface area contributed by atoms with Crippen molar-refractivity contribution in [3.05, 3.63) is 59.7 Å². The van der Waals surface area contributed by atoms with Crippen LogP contribution in [0.4, 0.5) is 5.69 Å². The van der Waals surface area contributed by atoms with Gasteiger partial charge in [-0.05, 0) is 41.5 Å². The number of rotatable bonds is 2. The van der Waals surface area contributed by atoms with Crippen molar-refractivity contribution in [3.63, 3.8) is 0 Å². The maximum atomic E-state index is 11.0. The molecule has 0 aliphatic heterocycles. The first-order valence-corrected chi connectivity index (χ1v) is 5.54. The van der Waals surface area contributed by atoms with Crippen LogP contribution in [0, 0.1) is 0 Å². The van der Waals surface area contributed by atoms with Gasteiger partial charge in [0.1, 0.15) is 0 Å². The van der Waals surface area contributed by atoms with Crippen LogP contribution >= 0.6 is 0 Å². The molecule has 0 radical (unpaired) electrons. The van der Waals surface area contributed by atoms with E-state index >= 15 is 0 Å². The van der Waals surface area contributed by atoms with Crippen LogP contribution in [0.3, 0.4) is 0 Å². The minimum Gasteiger partial charge on any atom is -0.378 e. The van der Waals surface area contributed by atoms with Gasteiger partial charge in [0.2, 0.25) is 0 Å². The molecule has 2 heteroatoms. The van der Waals surface area contributed by atoms with Gasteiger partial charge < -0.3 is 4.90 Å². The van der Waals surface area contributed by atoms with Crippen molar-refractivity contribution in [2.75, 3.05) is 19.0 Å². The normalized spacial score (nSPS) is 14.0. The summed E-state index contributed by atoms with van der Waals surface area (Å²) in [6.45, 7) is 0. The molecule has 0 aromatic heterocycles. The number of carbonyl (C=O) groups is 1. The van der Waals surface area contributed by atoms with E-state index in [0.29, 0.717) is 0 Å². The van der Waals surface area contributed by atoms with Crippen molar-refractivity contribution in [3.8, 4) is 0 Å². The quantitative estimate of drug-likeness (QED) is 0.771. The standard InChI is InChI=1S/C15H15NO/c1-16(2)14-7-3-12(4-8-14)11-13-5-9-15(17)10-6-13/h3-11H,1-2H3. The topological polar surface area (TPSA) is 20.3 Å². The van der Waals surface area contributed by atoms with E-state index < -0.39 is 0 Å². The third kappa shape index (κ3) is 2.94. The van der Waals surface area contributed by atoms with Gasteiger partial charge >= 0.3 is 0 Å². The Hall–Kier alpha value is -2.09. The number of anilines is 1. The molecule has 2 nitrogen and oxygen atoms in total. The average Bonchev–Trinajstić information content (AvgIpc) is 2.33. The Morgan fingerprint density at radius 2 is 1.53 bits per heavy atom. The molecule has 1 aromatic rings. The summed E-state index contributed by atoms with van der Waals surface area (Å²) in [5.41, 5.74) is 3.36. The third-order valence-electron chi connectivity index (χ3n) is 2.62. The first kappa shape index (κ1) is 11.4. The second kappa shape index (κ2) is 4.83. The first-order chi connectivity index (χ1) is 8.15. The summed E-state index contributed by atoms with van der Waals surface area (Å²) in [6, 6.07) is 8.29. The average molecular weight is 225 g/mol. The molecule has 1 aliphatic carbocycles. The maximum Gasteiger partial charge on any atom is 0.178 e. The Bertz CT molecular complexity index is 486. The van der Waals surface area contributed by atoms with Crippen LogP contribution in [-0.4, -0.2) is 19.9 Å². The molecule has 0 saturated carbocycles. The molecule has 0 saturated heterocycles. The fourth-order valence-corrected chi connectivity index (χ4v) is 1.63. The molecule has 1 aliphatic rings. The molecule has 0 amide bonds. The molecular weight excluding hydrogens is 210 g/mol. The monoisotopic (exact) mass is 225 g/mol. The molecule has 0 heterocycles. The summed E-state index contributed by atoms with van der Waals surface area (Å²) in [7, 11) is 4.04. The predicted molar refractivity (Wildman–Crippen MR) is 72.0 cm³/mol. The van der Waals surface area contributed by atoms with Crippen molar-refractivity contribution in [1.29, 1.82) is 0 Å². The Morgan fingerprint density at radius 3 is 2.06 bits per heavy atom. The van der Waals surface area contributed by atoms with Gasteiger partial charge in [0.05, 0.1) is 0 Å². The zero-order valence-corrected chi connectivity index (χ0v) is 10.1. The number of ketones is 1. The molecule has 2 rings (SSSR count). The summed E-state index contributed by atoms with van der Waals surface area (Å²) >= 11 is 0. The molecular formula is C15H15NO. The number of benzene rings is 1. The Kier molecular flexibility index (Phi) is 3.24. The third-order valence-corrected chi connectivity index (χ3v) is 2.62. The number of carbonyl (C=O) groups excluding carboxylic acids is 1. The maximum absolute atomic E-state index is 11.0. The fourth-order valence-electron chi connectivity index (χ4n) is 1.63. The van der Waals surface area contributed by atoms with Crippen LogP contribution in [0.1, 0.15) is 5.56 Å².